The smallest absolute Gasteiger partial charge is 0.316 e. The number of methoxy groups -OCH3 is 1. The molecule has 0 radical (unpaired) electrons. The first-order chi connectivity index (χ1) is 8.26. The fourth-order valence-electron chi connectivity index (χ4n) is 1.67. The van der Waals surface area contributed by atoms with Gasteiger partial charge in [0.2, 0.25) is 0 Å². The largest absolute Gasteiger partial charge is 0.468 e. The molecule has 0 amide bonds. The second kappa shape index (κ2) is 5.53. The molecule has 1 aliphatic carbocycles. The molecule has 0 aromatic carbocycles. The van der Waals surface area contributed by atoms with E-state index in [2.05, 4.69) is 26.4 Å². The Labute approximate surface area is 105 Å². The van der Waals surface area contributed by atoms with Gasteiger partial charge in [0, 0.05) is 12.5 Å². The molecule has 1 aromatic rings. The van der Waals surface area contributed by atoms with Gasteiger partial charge in [-0.05, 0) is 19.3 Å². The van der Waals surface area contributed by atoms with Crippen molar-refractivity contribution in [1.29, 1.82) is 0 Å². The van der Waals surface area contributed by atoms with E-state index in [0.29, 0.717) is 11.7 Å². The van der Waals surface area contributed by atoms with Crippen LogP contribution in [0.4, 0.5) is 0 Å². The molecule has 1 heterocycles. The number of carbonyl (C=O) groups is 1. The summed E-state index contributed by atoms with van der Waals surface area (Å²) in [4.78, 5) is 11.1. The third-order valence-electron chi connectivity index (χ3n) is 2.68. The topological polar surface area (TPSA) is 57.0 Å². The lowest BCUT2D eigenvalue weighted by atomic mass is 10.4. The zero-order valence-electron chi connectivity index (χ0n) is 10.2. The molecule has 0 bridgehead atoms. The van der Waals surface area contributed by atoms with Crippen molar-refractivity contribution in [3.63, 3.8) is 0 Å². The highest BCUT2D eigenvalue weighted by Gasteiger charge is 2.30. The fraction of sp³-hybridized carbons (Fsp3) is 0.727. The number of aromatic nitrogens is 3. The molecule has 0 saturated heterocycles. The lowest BCUT2D eigenvalue weighted by Crippen LogP contribution is -2.07. The standard InChI is InChI=1S/C11H17N3O2S/c1-3-6-14-10(8-4-5-8)12-13-11(14)17-7-9(15)16-2/h8H,3-7H2,1-2H3. The quantitative estimate of drug-likeness (QED) is 0.573. The predicted molar refractivity (Wildman–Crippen MR) is 65.0 cm³/mol. The third kappa shape index (κ3) is 3.00. The van der Waals surface area contributed by atoms with Gasteiger partial charge in [0.1, 0.15) is 5.82 Å². The van der Waals surface area contributed by atoms with Crippen molar-refractivity contribution in [3.8, 4) is 0 Å². The van der Waals surface area contributed by atoms with Crippen LogP contribution in [0.3, 0.4) is 0 Å². The summed E-state index contributed by atoms with van der Waals surface area (Å²) in [6.45, 7) is 3.05. The van der Waals surface area contributed by atoms with Crippen LogP contribution in [0.2, 0.25) is 0 Å². The molecule has 1 aliphatic rings. The van der Waals surface area contributed by atoms with E-state index in [1.807, 2.05) is 0 Å². The van der Waals surface area contributed by atoms with Gasteiger partial charge in [-0.3, -0.25) is 4.79 Å². The molecule has 2 rings (SSSR count). The summed E-state index contributed by atoms with van der Waals surface area (Å²) in [5.74, 6) is 1.73. The number of ether oxygens (including phenoxy) is 1. The molecule has 0 aliphatic heterocycles. The van der Waals surface area contributed by atoms with Gasteiger partial charge < -0.3 is 9.30 Å². The van der Waals surface area contributed by atoms with Crippen molar-refractivity contribution < 1.29 is 9.53 Å². The molecule has 0 spiro atoms. The molecule has 1 fully saturated rings. The van der Waals surface area contributed by atoms with Crippen molar-refractivity contribution in [3.05, 3.63) is 5.82 Å². The zero-order chi connectivity index (χ0) is 12.3. The van der Waals surface area contributed by atoms with Crippen LogP contribution in [0.25, 0.3) is 0 Å². The van der Waals surface area contributed by atoms with Crippen LogP contribution in [0.5, 0.6) is 0 Å². The highest BCUT2D eigenvalue weighted by atomic mass is 32.2. The lowest BCUT2D eigenvalue weighted by Gasteiger charge is -2.07. The van der Waals surface area contributed by atoms with Crippen molar-refractivity contribution >= 4 is 17.7 Å². The van der Waals surface area contributed by atoms with Crippen LogP contribution in [0, 0.1) is 0 Å². The molecule has 0 N–H and O–H groups in total. The number of carbonyl (C=O) groups excluding carboxylic acids is 1. The average Bonchev–Trinajstić information content (AvgIpc) is 3.10. The Balaban J connectivity index is 2.07. The molecule has 0 unspecified atom stereocenters. The Bertz CT molecular complexity index is 401. The van der Waals surface area contributed by atoms with E-state index in [4.69, 9.17) is 0 Å². The number of esters is 1. The Morgan fingerprint density at radius 3 is 2.88 bits per heavy atom. The Morgan fingerprint density at radius 2 is 2.29 bits per heavy atom. The van der Waals surface area contributed by atoms with Gasteiger partial charge in [-0.25, -0.2) is 0 Å². The fourth-order valence-corrected chi connectivity index (χ4v) is 2.47. The summed E-state index contributed by atoms with van der Waals surface area (Å²) in [5.41, 5.74) is 0. The van der Waals surface area contributed by atoms with Gasteiger partial charge in [0.25, 0.3) is 0 Å². The van der Waals surface area contributed by atoms with E-state index in [0.717, 1.165) is 23.9 Å². The molecule has 17 heavy (non-hydrogen) atoms. The Hall–Kier alpha value is -1.04. The molecule has 94 valence electrons. The first-order valence-electron chi connectivity index (χ1n) is 5.89. The molecule has 5 nitrogen and oxygen atoms in total. The van der Waals surface area contributed by atoms with Gasteiger partial charge in [0.05, 0.1) is 12.9 Å². The predicted octanol–water partition coefficient (Wildman–Crippen LogP) is 1.83. The minimum atomic E-state index is -0.228. The van der Waals surface area contributed by atoms with E-state index in [1.165, 1.54) is 31.7 Å². The number of hydrogen-bond donors (Lipinski definition) is 0. The van der Waals surface area contributed by atoms with E-state index < -0.39 is 0 Å². The first-order valence-corrected chi connectivity index (χ1v) is 6.87. The van der Waals surface area contributed by atoms with E-state index in [1.54, 1.807) is 0 Å². The van der Waals surface area contributed by atoms with Crippen LogP contribution in [-0.2, 0) is 16.1 Å². The van der Waals surface area contributed by atoms with Crippen molar-refractivity contribution in [2.75, 3.05) is 12.9 Å². The summed E-state index contributed by atoms with van der Waals surface area (Å²) in [6, 6.07) is 0. The number of hydrogen-bond acceptors (Lipinski definition) is 5. The zero-order valence-corrected chi connectivity index (χ0v) is 11.0. The van der Waals surface area contributed by atoms with Crippen molar-refractivity contribution in [1.82, 2.24) is 14.8 Å². The molecule has 1 saturated carbocycles. The third-order valence-corrected chi connectivity index (χ3v) is 3.62. The van der Waals surface area contributed by atoms with Gasteiger partial charge in [-0.2, -0.15) is 0 Å². The minimum Gasteiger partial charge on any atom is -0.468 e. The number of rotatable bonds is 6. The summed E-state index contributed by atoms with van der Waals surface area (Å²) >= 11 is 1.40. The van der Waals surface area contributed by atoms with E-state index in [-0.39, 0.29) is 5.97 Å². The van der Waals surface area contributed by atoms with Crippen LogP contribution in [0.1, 0.15) is 37.9 Å². The van der Waals surface area contributed by atoms with Crippen LogP contribution >= 0.6 is 11.8 Å². The van der Waals surface area contributed by atoms with Crippen molar-refractivity contribution in [2.45, 2.75) is 43.8 Å². The second-order valence-electron chi connectivity index (χ2n) is 4.13. The Kier molecular flexibility index (Phi) is 4.04. The summed E-state index contributed by atoms with van der Waals surface area (Å²) in [5, 5.41) is 9.24. The number of thioether (sulfide) groups is 1. The second-order valence-corrected chi connectivity index (χ2v) is 5.07. The van der Waals surface area contributed by atoms with Gasteiger partial charge in [-0.15, -0.1) is 10.2 Å². The molecular weight excluding hydrogens is 238 g/mol. The average molecular weight is 255 g/mol. The SMILES string of the molecule is CCCn1c(SCC(=O)OC)nnc1C1CC1. The summed E-state index contributed by atoms with van der Waals surface area (Å²) < 4.78 is 6.77. The molecule has 1 aromatic heterocycles. The molecule has 0 atom stereocenters. The van der Waals surface area contributed by atoms with Crippen LogP contribution in [-0.4, -0.2) is 33.6 Å². The van der Waals surface area contributed by atoms with Gasteiger partial charge in [0.15, 0.2) is 5.16 Å². The van der Waals surface area contributed by atoms with Gasteiger partial charge >= 0.3 is 5.97 Å². The molecular formula is C11H17N3O2S. The summed E-state index contributed by atoms with van der Waals surface area (Å²) in [6.07, 6.45) is 3.47. The van der Waals surface area contributed by atoms with Crippen molar-refractivity contribution in [2.24, 2.45) is 0 Å². The number of nitrogens with zero attached hydrogens (tertiary/aromatic N) is 3. The van der Waals surface area contributed by atoms with Crippen LogP contribution in [0.15, 0.2) is 5.16 Å². The highest BCUT2D eigenvalue weighted by Crippen LogP contribution is 2.40. The maximum Gasteiger partial charge on any atom is 0.316 e. The first kappa shape index (κ1) is 12.4. The minimum absolute atomic E-state index is 0.228. The summed E-state index contributed by atoms with van der Waals surface area (Å²) in [7, 11) is 1.40. The molecule has 6 heteroatoms. The highest BCUT2D eigenvalue weighted by molar-refractivity contribution is 7.99. The lowest BCUT2D eigenvalue weighted by molar-refractivity contribution is -0.137. The van der Waals surface area contributed by atoms with Gasteiger partial charge in [-0.1, -0.05) is 18.7 Å². The maximum atomic E-state index is 11.1. The van der Waals surface area contributed by atoms with Crippen LogP contribution < -0.4 is 0 Å². The van der Waals surface area contributed by atoms with E-state index in [9.17, 15) is 4.79 Å². The monoisotopic (exact) mass is 255 g/mol. The van der Waals surface area contributed by atoms with E-state index >= 15 is 0 Å². The normalized spacial score (nSPS) is 14.9. The Morgan fingerprint density at radius 1 is 1.53 bits per heavy atom. The maximum absolute atomic E-state index is 11.1.